The molecule has 0 amide bonds. The van der Waals surface area contributed by atoms with Crippen LogP contribution in [-0.4, -0.2) is 23.1 Å². The van der Waals surface area contributed by atoms with E-state index in [1.165, 1.54) is 0 Å². The minimum absolute atomic E-state index is 0.608. The van der Waals surface area contributed by atoms with Gasteiger partial charge in [0, 0.05) is 18.8 Å². The number of nitrogens with two attached hydrogens (primary N) is 1. The molecule has 1 aromatic heterocycles. The van der Waals surface area contributed by atoms with E-state index < -0.39 is 0 Å². The number of benzene rings is 1. The third-order valence-corrected chi connectivity index (χ3v) is 2.96. The monoisotopic (exact) mass is 260 g/mol. The number of aromatic amines is 1. The number of nitrogens with zero attached hydrogens (tertiary/aromatic N) is 2. The normalized spacial score (nSPS) is 11.7. The van der Waals surface area contributed by atoms with Crippen LogP contribution in [0.3, 0.4) is 0 Å². The molecule has 0 aliphatic heterocycles. The summed E-state index contributed by atoms with van der Waals surface area (Å²) in [6.45, 7) is 10.9. The largest absolute Gasteiger partial charge is 0.399 e. The maximum absolute atomic E-state index is 5.81. The van der Waals surface area contributed by atoms with Crippen molar-refractivity contribution in [3.8, 4) is 0 Å². The summed E-state index contributed by atoms with van der Waals surface area (Å²) in [4.78, 5) is 10.4. The van der Waals surface area contributed by atoms with Crippen LogP contribution in [0.5, 0.6) is 0 Å². The maximum atomic E-state index is 5.81. The highest BCUT2D eigenvalue weighted by molar-refractivity contribution is 5.80. The number of rotatable bonds is 5. The van der Waals surface area contributed by atoms with E-state index in [1.54, 1.807) is 0 Å². The van der Waals surface area contributed by atoms with E-state index in [9.17, 15) is 0 Å². The van der Waals surface area contributed by atoms with Crippen molar-refractivity contribution in [1.29, 1.82) is 0 Å². The molecule has 0 saturated carbocycles. The molecule has 0 unspecified atom stereocenters. The smallest absolute Gasteiger partial charge is 0.203 e. The predicted molar refractivity (Wildman–Crippen MR) is 82.4 cm³/mol. The molecule has 19 heavy (non-hydrogen) atoms. The number of anilines is 2. The van der Waals surface area contributed by atoms with Gasteiger partial charge in [-0.1, -0.05) is 27.7 Å². The Bertz CT molecular complexity index is 532. The van der Waals surface area contributed by atoms with E-state index in [0.29, 0.717) is 11.8 Å². The van der Waals surface area contributed by atoms with Gasteiger partial charge in [0.25, 0.3) is 0 Å². The molecule has 1 aromatic carbocycles. The number of hydrogen-bond donors (Lipinski definition) is 2. The second-order valence-electron chi connectivity index (χ2n) is 6.03. The Morgan fingerprint density at radius 2 is 1.79 bits per heavy atom. The summed E-state index contributed by atoms with van der Waals surface area (Å²) in [6.07, 6.45) is 0. The Labute approximate surface area is 115 Å². The third-order valence-electron chi connectivity index (χ3n) is 2.96. The summed E-state index contributed by atoms with van der Waals surface area (Å²) < 4.78 is 0. The highest BCUT2D eigenvalue weighted by atomic mass is 15.3. The molecule has 0 atom stereocenters. The highest BCUT2D eigenvalue weighted by Crippen LogP contribution is 2.21. The van der Waals surface area contributed by atoms with E-state index in [0.717, 1.165) is 35.8 Å². The van der Waals surface area contributed by atoms with E-state index in [4.69, 9.17) is 5.73 Å². The summed E-state index contributed by atoms with van der Waals surface area (Å²) >= 11 is 0. The molecule has 0 bridgehead atoms. The molecule has 2 rings (SSSR count). The molecule has 0 saturated heterocycles. The first-order chi connectivity index (χ1) is 8.95. The fraction of sp³-hybridized carbons (Fsp3) is 0.533. The number of nitrogen functional groups attached to an aromatic ring is 1. The molecule has 4 heteroatoms. The van der Waals surface area contributed by atoms with Gasteiger partial charge in [0.1, 0.15) is 0 Å². The zero-order valence-electron chi connectivity index (χ0n) is 12.3. The van der Waals surface area contributed by atoms with Crippen molar-refractivity contribution >= 4 is 22.7 Å². The SMILES string of the molecule is CC(C)CN(CC(C)C)c1nc2ccc(N)cc2[nH]1. The Morgan fingerprint density at radius 3 is 2.37 bits per heavy atom. The average Bonchev–Trinajstić information content (AvgIpc) is 2.69. The summed E-state index contributed by atoms with van der Waals surface area (Å²) in [6, 6.07) is 5.80. The number of imidazole rings is 1. The van der Waals surface area contributed by atoms with Crippen LogP contribution in [0.2, 0.25) is 0 Å². The van der Waals surface area contributed by atoms with Crippen LogP contribution in [0.25, 0.3) is 11.0 Å². The molecule has 4 nitrogen and oxygen atoms in total. The van der Waals surface area contributed by atoms with Gasteiger partial charge in [-0.25, -0.2) is 4.98 Å². The Kier molecular flexibility index (Phi) is 3.98. The predicted octanol–water partition coefficient (Wildman–Crippen LogP) is 3.26. The molecule has 0 aliphatic rings. The second-order valence-corrected chi connectivity index (χ2v) is 6.03. The minimum Gasteiger partial charge on any atom is -0.399 e. The Morgan fingerprint density at radius 1 is 1.16 bits per heavy atom. The number of aromatic nitrogens is 2. The first kappa shape index (κ1) is 13.7. The summed E-state index contributed by atoms with van der Waals surface area (Å²) in [5.41, 5.74) is 8.56. The van der Waals surface area contributed by atoms with Crippen LogP contribution >= 0.6 is 0 Å². The molecular weight excluding hydrogens is 236 g/mol. The van der Waals surface area contributed by atoms with Crippen LogP contribution in [-0.2, 0) is 0 Å². The van der Waals surface area contributed by atoms with E-state index in [-0.39, 0.29) is 0 Å². The lowest BCUT2D eigenvalue weighted by molar-refractivity contribution is 0.546. The molecule has 0 radical (unpaired) electrons. The van der Waals surface area contributed by atoms with Gasteiger partial charge in [0.2, 0.25) is 5.95 Å². The summed E-state index contributed by atoms with van der Waals surface area (Å²) in [5.74, 6) is 2.16. The van der Waals surface area contributed by atoms with Crippen molar-refractivity contribution in [3.05, 3.63) is 18.2 Å². The fourth-order valence-corrected chi connectivity index (χ4v) is 2.29. The van der Waals surface area contributed by atoms with Crippen molar-refractivity contribution < 1.29 is 0 Å². The summed E-state index contributed by atoms with van der Waals surface area (Å²) in [7, 11) is 0. The molecule has 3 N–H and O–H groups in total. The van der Waals surface area contributed by atoms with Crippen molar-refractivity contribution in [1.82, 2.24) is 9.97 Å². The lowest BCUT2D eigenvalue weighted by Gasteiger charge is -2.25. The van der Waals surface area contributed by atoms with E-state index in [1.807, 2.05) is 18.2 Å². The lowest BCUT2D eigenvalue weighted by atomic mass is 10.1. The Balaban J connectivity index is 2.32. The molecule has 0 fully saturated rings. The van der Waals surface area contributed by atoms with Crippen molar-refractivity contribution in [2.24, 2.45) is 11.8 Å². The van der Waals surface area contributed by atoms with Gasteiger partial charge in [-0.3, -0.25) is 0 Å². The van der Waals surface area contributed by atoms with E-state index in [2.05, 4.69) is 42.6 Å². The highest BCUT2D eigenvalue weighted by Gasteiger charge is 2.14. The molecule has 1 heterocycles. The van der Waals surface area contributed by atoms with Crippen LogP contribution in [0.15, 0.2) is 18.2 Å². The zero-order valence-corrected chi connectivity index (χ0v) is 12.3. The fourth-order valence-electron chi connectivity index (χ4n) is 2.29. The number of nitrogens with one attached hydrogen (secondary N) is 1. The lowest BCUT2D eigenvalue weighted by Crippen LogP contribution is -2.32. The average molecular weight is 260 g/mol. The van der Waals surface area contributed by atoms with Crippen molar-refractivity contribution in [3.63, 3.8) is 0 Å². The van der Waals surface area contributed by atoms with Crippen LogP contribution in [0, 0.1) is 11.8 Å². The van der Waals surface area contributed by atoms with Crippen LogP contribution < -0.4 is 10.6 Å². The topological polar surface area (TPSA) is 57.9 Å². The van der Waals surface area contributed by atoms with Gasteiger partial charge in [0.05, 0.1) is 11.0 Å². The molecular formula is C15H24N4. The number of H-pyrrole nitrogens is 1. The standard InChI is InChI=1S/C15H24N4/c1-10(2)8-19(9-11(3)4)15-17-13-6-5-12(16)7-14(13)18-15/h5-7,10-11H,8-9,16H2,1-4H3,(H,17,18). The van der Waals surface area contributed by atoms with E-state index >= 15 is 0 Å². The molecule has 0 spiro atoms. The van der Waals surface area contributed by atoms with Gasteiger partial charge in [-0.05, 0) is 30.0 Å². The van der Waals surface area contributed by atoms with Crippen LogP contribution in [0.4, 0.5) is 11.6 Å². The van der Waals surface area contributed by atoms with Gasteiger partial charge >= 0.3 is 0 Å². The maximum Gasteiger partial charge on any atom is 0.203 e. The van der Waals surface area contributed by atoms with Crippen LogP contribution in [0.1, 0.15) is 27.7 Å². The number of fused-ring (bicyclic) bond motifs is 1. The Hall–Kier alpha value is -1.71. The number of hydrogen-bond acceptors (Lipinski definition) is 3. The van der Waals surface area contributed by atoms with Crippen molar-refractivity contribution in [2.75, 3.05) is 23.7 Å². The van der Waals surface area contributed by atoms with Crippen molar-refractivity contribution in [2.45, 2.75) is 27.7 Å². The van der Waals surface area contributed by atoms with Gasteiger partial charge < -0.3 is 15.6 Å². The van der Waals surface area contributed by atoms with Gasteiger partial charge in [0.15, 0.2) is 0 Å². The first-order valence-electron chi connectivity index (χ1n) is 6.96. The third kappa shape index (κ3) is 3.40. The summed E-state index contributed by atoms with van der Waals surface area (Å²) in [5, 5.41) is 0. The minimum atomic E-state index is 0.608. The first-order valence-corrected chi connectivity index (χ1v) is 6.96. The zero-order chi connectivity index (χ0) is 14.0. The second kappa shape index (κ2) is 5.51. The van der Waals surface area contributed by atoms with Gasteiger partial charge in [-0.2, -0.15) is 0 Å². The molecule has 2 aromatic rings. The molecule has 0 aliphatic carbocycles. The van der Waals surface area contributed by atoms with Gasteiger partial charge in [-0.15, -0.1) is 0 Å². The quantitative estimate of drug-likeness (QED) is 0.811. The molecule has 104 valence electrons.